The van der Waals surface area contributed by atoms with Gasteiger partial charge >= 0.3 is 5.69 Å². The summed E-state index contributed by atoms with van der Waals surface area (Å²) < 4.78 is 0. The van der Waals surface area contributed by atoms with Crippen LogP contribution < -0.4 is 5.32 Å². The molecule has 0 fully saturated rings. The Morgan fingerprint density at radius 2 is 1.94 bits per heavy atom. The van der Waals surface area contributed by atoms with Gasteiger partial charge in [0.2, 0.25) is 0 Å². The zero-order chi connectivity index (χ0) is 11.5. The molecule has 16 heavy (non-hydrogen) atoms. The van der Waals surface area contributed by atoms with E-state index in [2.05, 4.69) is 5.32 Å². The third-order valence-corrected chi connectivity index (χ3v) is 2.97. The Morgan fingerprint density at radius 1 is 1.25 bits per heavy atom. The van der Waals surface area contributed by atoms with Crippen molar-refractivity contribution in [2.75, 3.05) is 5.32 Å². The molecule has 5 heteroatoms. The Kier molecular flexibility index (Phi) is 2.87. The predicted octanol–water partition coefficient (Wildman–Crippen LogP) is 3.71. The van der Waals surface area contributed by atoms with Crippen molar-refractivity contribution in [1.82, 2.24) is 0 Å². The van der Waals surface area contributed by atoms with E-state index in [9.17, 15) is 10.1 Å². The van der Waals surface area contributed by atoms with Crippen LogP contribution in [0.5, 0.6) is 0 Å². The number of benzene rings is 1. The first-order valence-electron chi connectivity index (χ1n) is 4.72. The predicted molar refractivity (Wildman–Crippen MR) is 65.4 cm³/mol. The number of hydrogen-bond donors (Lipinski definition) is 1. The Balaban J connectivity index is 2.23. The van der Waals surface area contributed by atoms with Crippen molar-refractivity contribution in [3.8, 4) is 0 Å². The minimum absolute atomic E-state index is 0.116. The Hall–Kier alpha value is -1.88. The third-order valence-electron chi connectivity index (χ3n) is 2.15. The maximum atomic E-state index is 10.7. The molecule has 1 heterocycles. The van der Waals surface area contributed by atoms with E-state index in [1.54, 1.807) is 5.38 Å². The molecule has 2 aromatic rings. The lowest BCUT2D eigenvalue weighted by atomic mass is 10.2. The van der Waals surface area contributed by atoms with E-state index in [0.717, 1.165) is 11.3 Å². The van der Waals surface area contributed by atoms with Crippen LogP contribution in [0.15, 0.2) is 35.7 Å². The molecule has 0 amide bonds. The molecule has 1 N–H and O–H groups in total. The fourth-order valence-electron chi connectivity index (χ4n) is 1.31. The molecule has 0 aliphatic heterocycles. The van der Waals surface area contributed by atoms with E-state index in [0.29, 0.717) is 5.00 Å². The first-order chi connectivity index (χ1) is 7.66. The van der Waals surface area contributed by atoms with E-state index in [1.807, 2.05) is 31.2 Å². The Labute approximate surface area is 96.7 Å². The fourth-order valence-corrected chi connectivity index (χ4v) is 2.08. The van der Waals surface area contributed by atoms with Crippen LogP contribution >= 0.6 is 11.3 Å². The molecule has 0 unspecified atom stereocenters. The Bertz CT molecular complexity index is 505. The van der Waals surface area contributed by atoms with E-state index < -0.39 is 0 Å². The van der Waals surface area contributed by atoms with Gasteiger partial charge in [-0.2, -0.15) is 0 Å². The number of rotatable bonds is 3. The van der Waals surface area contributed by atoms with Crippen molar-refractivity contribution < 1.29 is 4.92 Å². The summed E-state index contributed by atoms with van der Waals surface area (Å²) in [4.78, 5) is 10.3. The molecule has 0 saturated carbocycles. The summed E-state index contributed by atoms with van der Waals surface area (Å²) in [7, 11) is 0. The van der Waals surface area contributed by atoms with Crippen LogP contribution in [0.25, 0.3) is 0 Å². The van der Waals surface area contributed by atoms with Gasteiger partial charge in [0.1, 0.15) is 0 Å². The molecule has 0 spiro atoms. The molecular formula is C11H10N2O2S. The number of nitrogens with one attached hydrogen (secondary N) is 1. The normalized spacial score (nSPS) is 10.1. The van der Waals surface area contributed by atoms with Gasteiger partial charge in [0, 0.05) is 11.8 Å². The number of nitrogens with zero attached hydrogens (tertiary/aromatic N) is 1. The van der Waals surface area contributed by atoms with Gasteiger partial charge in [0.25, 0.3) is 0 Å². The molecule has 0 bridgehead atoms. The molecule has 0 atom stereocenters. The van der Waals surface area contributed by atoms with Crippen LogP contribution in [0.3, 0.4) is 0 Å². The second-order valence-corrected chi connectivity index (χ2v) is 4.30. The van der Waals surface area contributed by atoms with Crippen LogP contribution in [-0.4, -0.2) is 4.92 Å². The van der Waals surface area contributed by atoms with Crippen molar-refractivity contribution in [2.45, 2.75) is 6.92 Å². The minimum atomic E-state index is -0.382. The van der Waals surface area contributed by atoms with Crippen LogP contribution in [0, 0.1) is 17.0 Å². The molecule has 0 aliphatic rings. The van der Waals surface area contributed by atoms with E-state index in [-0.39, 0.29) is 10.6 Å². The first kappa shape index (κ1) is 10.6. The van der Waals surface area contributed by atoms with Crippen molar-refractivity contribution in [3.63, 3.8) is 0 Å². The molecule has 4 nitrogen and oxygen atoms in total. The first-order valence-corrected chi connectivity index (χ1v) is 5.60. The number of nitro groups is 1. The topological polar surface area (TPSA) is 55.2 Å². The fraction of sp³-hybridized carbons (Fsp3) is 0.0909. The SMILES string of the molecule is Cc1ccc(Nc2sccc2[N+](=O)[O-])cc1. The summed E-state index contributed by atoms with van der Waals surface area (Å²) >= 11 is 1.32. The highest BCUT2D eigenvalue weighted by Gasteiger charge is 2.14. The summed E-state index contributed by atoms with van der Waals surface area (Å²) in [6.07, 6.45) is 0. The third kappa shape index (κ3) is 2.20. The van der Waals surface area contributed by atoms with Gasteiger partial charge in [-0.05, 0) is 24.4 Å². The van der Waals surface area contributed by atoms with Crippen molar-refractivity contribution in [2.24, 2.45) is 0 Å². The molecule has 0 aliphatic carbocycles. The second-order valence-electron chi connectivity index (χ2n) is 3.38. The highest BCUT2D eigenvalue weighted by atomic mass is 32.1. The zero-order valence-electron chi connectivity index (χ0n) is 8.64. The van der Waals surface area contributed by atoms with Gasteiger partial charge in [-0.15, -0.1) is 11.3 Å². The number of aryl methyl sites for hydroxylation is 1. The van der Waals surface area contributed by atoms with Gasteiger partial charge in [-0.25, -0.2) is 0 Å². The van der Waals surface area contributed by atoms with Gasteiger partial charge in [-0.3, -0.25) is 10.1 Å². The molecule has 1 aromatic carbocycles. The lowest BCUT2D eigenvalue weighted by molar-refractivity contribution is -0.383. The monoisotopic (exact) mass is 234 g/mol. The van der Waals surface area contributed by atoms with Crippen molar-refractivity contribution in [3.05, 3.63) is 51.4 Å². The quantitative estimate of drug-likeness (QED) is 0.650. The van der Waals surface area contributed by atoms with Crippen LogP contribution in [0.4, 0.5) is 16.4 Å². The molecule has 82 valence electrons. The molecule has 0 radical (unpaired) electrons. The maximum absolute atomic E-state index is 10.7. The van der Waals surface area contributed by atoms with Gasteiger partial charge in [-0.1, -0.05) is 17.7 Å². The lowest BCUT2D eigenvalue weighted by Crippen LogP contribution is -1.92. The highest BCUT2D eigenvalue weighted by molar-refractivity contribution is 7.14. The molecule has 0 saturated heterocycles. The smallest absolute Gasteiger partial charge is 0.303 e. The lowest BCUT2D eigenvalue weighted by Gasteiger charge is -2.03. The van der Waals surface area contributed by atoms with Gasteiger partial charge < -0.3 is 5.32 Å². The number of hydrogen-bond acceptors (Lipinski definition) is 4. The van der Waals surface area contributed by atoms with Gasteiger partial charge in [0.05, 0.1) is 4.92 Å². The second kappa shape index (κ2) is 4.32. The van der Waals surface area contributed by atoms with Gasteiger partial charge in [0.15, 0.2) is 5.00 Å². The summed E-state index contributed by atoms with van der Waals surface area (Å²) in [6.45, 7) is 2.00. The summed E-state index contributed by atoms with van der Waals surface area (Å²) in [5.74, 6) is 0. The highest BCUT2D eigenvalue weighted by Crippen LogP contribution is 2.32. The largest absolute Gasteiger partial charge is 0.342 e. The molecule has 2 rings (SSSR count). The standard InChI is InChI=1S/C11H10N2O2S/c1-8-2-4-9(5-3-8)12-11-10(13(14)15)6-7-16-11/h2-7,12H,1H3. The number of anilines is 2. The zero-order valence-corrected chi connectivity index (χ0v) is 9.45. The summed E-state index contributed by atoms with van der Waals surface area (Å²) in [5.41, 5.74) is 2.13. The van der Waals surface area contributed by atoms with Crippen LogP contribution in [0.1, 0.15) is 5.56 Å². The van der Waals surface area contributed by atoms with Crippen LogP contribution in [0.2, 0.25) is 0 Å². The Morgan fingerprint density at radius 3 is 2.56 bits per heavy atom. The molecule has 1 aromatic heterocycles. The van der Waals surface area contributed by atoms with Crippen molar-refractivity contribution >= 4 is 27.7 Å². The maximum Gasteiger partial charge on any atom is 0.303 e. The average Bonchev–Trinajstić information content (AvgIpc) is 2.69. The van der Waals surface area contributed by atoms with E-state index >= 15 is 0 Å². The minimum Gasteiger partial charge on any atom is -0.342 e. The molecular weight excluding hydrogens is 224 g/mol. The van der Waals surface area contributed by atoms with Crippen molar-refractivity contribution in [1.29, 1.82) is 0 Å². The van der Waals surface area contributed by atoms with E-state index in [4.69, 9.17) is 0 Å². The number of thiophene rings is 1. The van der Waals surface area contributed by atoms with Crippen LogP contribution in [-0.2, 0) is 0 Å². The van der Waals surface area contributed by atoms with E-state index in [1.165, 1.54) is 17.4 Å². The average molecular weight is 234 g/mol. The summed E-state index contributed by atoms with van der Waals surface area (Å²) in [5, 5.41) is 16.0. The summed E-state index contributed by atoms with van der Waals surface area (Å²) in [6, 6.07) is 9.22.